The van der Waals surface area contributed by atoms with Crippen molar-refractivity contribution in [2.24, 2.45) is 0 Å². The van der Waals surface area contributed by atoms with Crippen LogP contribution in [0.25, 0.3) is 0 Å². The second-order valence-corrected chi connectivity index (χ2v) is 9.91. The third-order valence-electron chi connectivity index (χ3n) is 5.49. The molecule has 0 unspecified atom stereocenters. The van der Waals surface area contributed by atoms with Crippen molar-refractivity contribution in [3.8, 4) is 0 Å². The number of aryl methyl sites for hydroxylation is 2. The number of rotatable bonds is 8. The van der Waals surface area contributed by atoms with Gasteiger partial charge >= 0.3 is 0 Å². The number of sulfonamides is 1. The molecule has 34 heavy (non-hydrogen) atoms. The van der Waals surface area contributed by atoms with Crippen molar-refractivity contribution >= 4 is 33.2 Å². The summed E-state index contributed by atoms with van der Waals surface area (Å²) in [4.78, 5) is 25.7. The molecule has 0 saturated carbocycles. The van der Waals surface area contributed by atoms with Gasteiger partial charge in [0.15, 0.2) is 0 Å². The standard InChI is InChI=1S/C26H29N3O4S/c1-5-19(4)27-26(31)22-8-6-7-9-23(22)28-25(30)20-13-12-18(3)24(16-20)29-34(32,33)21-14-10-17(2)11-15-21/h6-16,19,29H,5H2,1-4H3,(H,27,31)(H,28,30)/t19-/m0/s1. The number of anilines is 2. The molecule has 178 valence electrons. The minimum Gasteiger partial charge on any atom is -0.350 e. The molecule has 3 N–H and O–H groups in total. The number of amides is 2. The third kappa shape index (κ3) is 6.02. The minimum atomic E-state index is -3.82. The summed E-state index contributed by atoms with van der Waals surface area (Å²) < 4.78 is 28.2. The molecule has 0 aliphatic carbocycles. The van der Waals surface area contributed by atoms with Crippen molar-refractivity contribution in [3.05, 3.63) is 89.0 Å². The summed E-state index contributed by atoms with van der Waals surface area (Å²) in [6.07, 6.45) is 0.783. The van der Waals surface area contributed by atoms with Gasteiger partial charge in [-0.05, 0) is 69.2 Å². The second-order valence-electron chi connectivity index (χ2n) is 8.23. The molecule has 3 rings (SSSR count). The molecule has 0 radical (unpaired) electrons. The van der Waals surface area contributed by atoms with Gasteiger partial charge in [0.2, 0.25) is 0 Å². The summed E-state index contributed by atoms with van der Waals surface area (Å²) in [5.74, 6) is -0.736. The van der Waals surface area contributed by atoms with Crippen LogP contribution in [0.3, 0.4) is 0 Å². The molecule has 1 atom stereocenters. The van der Waals surface area contributed by atoms with Gasteiger partial charge in [0.05, 0.1) is 21.8 Å². The average Bonchev–Trinajstić information content (AvgIpc) is 2.80. The predicted molar refractivity (Wildman–Crippen MR) is 135 cm³/mol. The second kappa shape index (κ2) is 10.5. The lowest BCUT2D eigenvalue weighted by atomic mass is 10.1. The highest BCUT2D eigenvalue weighted by atomic mass is 32.2. The van der Waals surface area contributed by atoms with Crippen LogP contribution < -0.4 is 15.4 Å². The van der Waals surface area contributed by atoms with Gasteiger partial charge in [0.1, 0.15) is 0 Å². The van der Waals surface area contributed by atoms with Gasteiger partial charge in [-0.25, -0.2) is 8.42 Å². The Balaban J connectivity index is 1.83. The maximum absolute atomic E-state index is 13.0. The van der Waals surface area contributed by atoms with Crippen LogP contribution in [0.5, 0.6) is 0 Å². The van der Waals surface area contributed by atoms with Gasteiger partial charge in [0.25, 0.3) is 21.8 Å². The van der Waals surface area contributed by atoms with Crippen LogP contribution >= 0.6 is 0 Å². The van der Waals surface area contributed by atoms with Crippen molar-refractivity contribution in [1.29, 1.82) is 0 Å². The highest BCUT2D eigenvalue weighted by Gasteiger charge is 2.18. The fourth-order valence-electron chi connectivity index (χ4n) is 3.18. The molecule has 0 spiro atoms. The van der Waals surface area contributed by atoms with Gasteiger partial charge in [-0.3, -0.25) is 14.3 Å². The van der Waals surface area contributed by atoms with Crippen molar-refractivity contribution in [3.63, 3.8) is 0 Å². The van der Waals surface area contributed by atoms with Crippen molar-refractivity contribution in [2.45, 2.75) is 45.1 Å². The molecule has 3 aromatic rings. The van der Waals surface area contributed by atoms with Crippen LogP contribution in [0.1, 0.15) is 52.1 Å². The first-order valence-corrected chi connectivity index (χ1v) is 12.5. The van der Waals surface area contributed by atoms with Gasteiger partial charge in [-0.1, -0.05) is 42.8 Å². The van der Waals surface area contributed by atoms with Gasteiger partial charge in [-0.2, -0.15) is 0 Å². The zero-order chi connectivity index (χ0) is 24.9. The number of benzene rings is 3. The topological polar surface area (TPSA) is 104 Å². The van der Waals surface area contributed by atoms with E-state index in [2.05, 4.69) is 15.4 Å². The Morgan fingerprint density at radius 3 is 2.24 bits per heavy atom. The van der Waals surface area contributed by atoms with Crippen LogP contribution in [0, 0.1) is 13.8 Å². The fourth-order valence-corrected chi connectivity index (χ4v) is 4.30. The molecular weight excluding hydrogens is 450 g/mol. The molecule has 0 fully saturated rings. The number of carbonyl (C=O) groups is 2. The molecule has 0 saturated heterocycles. The van der Waals surface area contributed by atoms with E-state index in [4.69, 9.17) is 0 Å². The zero-order valence-electron chi connectivity index (χ0n) is 19.7. The molecule has 7 nitrogen and oxygen atoms in total. The lowest BCUT2D eigenvalue weighted by Crippen LogP contribution is -2.32. The van der Waals surface area contributed by atoms with Crippen molar-refractivity contribution in [1.82, 2.24) is 5.32 Å². The Morgan fingerprint density at radius 2 is 1.56 bits per heavy atom. The molecule has 2 amide bonds. The maximum atomic E-state index is 13.0. The van der Waals surface area contributed by atoms with Gasteiger partial charge < -0.3 is 10.6 Å². The van der Waals surface area contributed by atoms with Crippen molar-refractivity contribution < 1.29 is 18.0 Å². The van der Waals surface area contributed by atoms with E-state index in [1.54, 1.807) is 55.5 Å². The monoisotopic (exact) mass is 479 g/mol. The Labute approximate surface area is 200 Å². The number of nitrogens with one attached hydrogen (secondary N) is 3. The highest BCUT2D eigenvalue weighted by molar-refractivity contribution is 7.92. The van der Waals surface area contributed by atoms with Crippen molar-refractivity contribution in [2.75, 3.05) is 10.0 Å². The Morgan fingerprint density at radius 1 is 0.882 bits per heavy atom. The summed E-state index contributed by atoms with van der Waals surface area (Å²) in [7, 11) is -3.82. The number of hydrogen-bond acceptors (Lipinski definition) is 4. The number of hydrogen-bond donors (Lipinski definition) is 3. The van der Waals surface area contributed by atoms with Crippen LogP contribution in [-0.4, -0.2) is 26.3 Å². The molecule has 8 heteroatoms. The summed E-state index contributed by atoms with van der Waals surface area (Å²) in [5.41, 5.74) is 2.90. The highest BCUT2D eigenvalue weighted by Crippen LogP contribution is 2.23. The van der Waals surface area contributed by atoms with E-state index in [0.717, 1.165) is 12.0 Å². The summed E-state index contributed by atoms with van der Waals surface area (Å²) in [6.45, 7) is 7.51. The van der Waals surface area contributed by atoms with E-state index in [-0.39, 0.29) is 22.4 Å². The van der Waals surface area contributed by atoms with E-state index in [0.29, 0.717) is 22.5 Å². The Hall–Kier alpha value is -3.65. The first-order valence-electron chi connectivity index (χ1n) is 11.0. The molecule has 3 aromatic carbocycles. The normalized spacial score (nSPS) is 12.0. The molecule has 0 aromatic heterocycles. The third-order valence-corrected chi connectivity index (χ3v) is 6.87. The van der Waals surface area contributed by atoms with E-state index in [1.807, 2.05) is 20.8 Å². The smallest absolute Gasteiger partial charge is 0.261 e. The predicted octanol–water partition coefficient (Wildman–Crippen LogP) is 4.88. The lowest BCUT2D eigenvalue weighted by Gasteiger charge is -2.15. The molecule has 0 bridgehead atoms. The SMILES string of the molecule is CC[C@H](C)NC(=O)c1ccccc1NC(=O)c1ccc(C)c(NS(=O)(=O)c2ccc(C)cc2)c1. The van der Waals surface area contributed by atoms with Crippen LogP contribution in [0.4, 0.5) is 11.4 Å². The average molecular weight is 480 g/mol. The number of para-hydroxylation sites is 1. The summed E-state index contributed by atoms with van der Waals surface area (Å²) in [6, 6.07) is 18.0. The largest absolute Gasteiger partial charge is 0.350 e. The van der Waals surface area contributed by atoms with Gasteiger partial charge in [0, 0.05) is 11.6 Å². The Bertz CT molecular complexity index is 1300. The fraction of sp³-hybridized carbons (Fsp3) is 0.231. The lowest BCUT2D eigenvalue weighted by molar-refractivity contribution is 0.0940. The van der Waals surface area contributed by atoms with E-state index < -0.39 is 15.9 Å². The summed E-state index contributed by atoms with van der Waals surface area (Å²) >= 11 is 0. The van der Waals surface area contributed by atoms with Crippen LogP contribution in [-0.2, 0) is 10.0 Å². The summed E-state index contributed by atoms with van der Waals surface area (Å²) in [5, 5.41) is 5.66. The van der Waals surface area contributed by atoms with Crippen LogP contribution in [0.15, 0.2) is 71.6 Å². The zero-order valence-corrected chi connectivity index (χ0v) is 20.5. The molecule has 0 heterocycles. The molecule has 0 aliphatic heterocycles. The van der Waals surface area contributed by atoms with E-state index in [1.165, 1.54) is 18.2 Å². The first-order chi connectivity index (χ1) is 16.1. The van der Waals surface area contributed by atoms with Crippen LogP contribution in [0.2, 0.25) is 0 Å². The van der Waals surface area contributed by atoms with Gasteiger partial charge in [-0.15, -0.1) is 0 Å². The molecular formula is C26H29N3O4S. The van der Waals surface area contributed by atoms with E-state index >= 15 is 0 Å². The first kappa shape index (κ1) is 25.0. The van der Waals surface area contributed by atoms with E-state index in [9.17, 15) is 18.0 Å². The molecule has 0 aliphatic rings. The quantitative estimate of drug-likeness (QED) is 0.428. The minimum absolute atomic E-state index is 0.00235. The maximum Gasteiger partial charge on any atom is 0.261 e. The number of carbonyl (C=O) groups excluding carboxylic acids is 2. The Kier molecular flexibility index (Phi) is 7.73.